The van der Waals surface area contributed by atoms with Crippen LogP contribution in [0.5, 0.6) is 0 Å². The normalized spacial score (nSPS) is 12.6. The summed E-state index contributed by atoms with van der Waals surface area (Å²) in [5.74, 6) is -1.08. The van der Waals surface area contributed by atoms with Gasteiger partial charge in [0.05, 0.1) is 19.6 Å². The van der Waals surface area contributed by atoms with E-state index < -0.39 is 28.7 Å². The van der Waals surface area contributed by atoms with Crippen molar-refractivity contribution < 1.29 is 28.6 Å². The molecule has 2 N–H and O–H groups in total. The minimum Gasteiger partial charge on any atom is -0.459 e. The molecule has 0 aromatic carbocycles. The molecule has 0 unspecified atom stereocenters. The maximum absolute atomic E-state index is 12.2. The molecule has 9 nitrogen and oxygen atoms in total. The number of rotatable bonds is 12. The molecular formula is C22H43N3O6. The van der Waals surface area contributed by atoms with Gasteiger partial charge in [-0.25, -0.2) is 0 Å². The molecule has 0 amide bonds. The summed E-state index contributed by atoms with van der Waals surface area (Å²) >= 11 is 0. The van der Waals surface area contributed by atoms with E-state index in [-0.39, 0.29) is 25.6 Å². The van der Waals surface area contributed by atoms with Gasteiger partial charge < -0.3 is 24.8 Å². The Balaban J connectivity index is 4.39. The van der Waals surface area contributed by atoms with Gasteiger partial charge in [-0.1, -0.05) is 0 Å². The van der Waals surface area contributed by atoms with Gasteiger partial charge in [0.1, 0.15) is 16.8 Å². The van der Waals surface area contributed by atoms with Crippen LogP contribution in [0.3, 0.4) is 0 Å². The monoisotopic (exact) mass is 445 g/mol. The Labute approximate surface area is 187 Å². The molecule has 0 aromatic heterocycles. The SMILES string of the molecule is CC(C)(C)OC(=O)CNCCNCCN(CC(=O)OC(C)(C)C)CC(=O)OC(C)(C)C. The number of carbonyl (C=O) groups excluding carboxylic acids is 3. The minimum absolute atomic E-state index is 0.00487. The van der Waals surface area contributed by atoms with Crippen LogP contribution in [-0.2, 0) is 28.6 Å². The fourth-order valence-electron chi connectivity index (χ4n) is 2.43. The molecule has 0 rings (SSSR count). The van der Waals surface area contributed by atoms with Crippen LogP contribution in [0, 0.1) is 0 Å². The Morgan fingerprint density at radius 1 is 0.613 bits per heavy atom. The van der Waals surface area contributed by atoms with Gasteiger partial charge in [-0.15, -0.1) is 0 Å². The fourth-order valence-corrected chi connectivity index (χ4v) is 2.43. The first-order valence-electron chi connectivity index (χ1n) is 10.8. The average molecular weight is 446 g/mol. The molecule has 0 heterocycles. The highest BCUT2D eigenvalue weighted by molar-refractivity contribution is 5.75. The van der Waals surface area contributed by atoms with Crippen LogP contribution in [0.1, 0.15) is 62.3 Å². The summed E-state index contributed by atoms with van der Waals surface area (Å²) in [6.45, 7) is 18.6. The highest BCUT2D eigenvalue weighted by atomic mass is 16.6. The van der Waals surface area contributed by atoms with Gasteiger partial charge in [-0.2, -0.15) is 0 Å². The Morgan fingerprint density at radius 3 is 1.42 bits per heavy atom. The van der Waals surface area contributed by atoms with E-state index >= 15 is 0 Å². The quantitative estimate of drug-likeness (QED) is 0.262. The summed E-state index contributed by atoms with van der Waals surface area (Å²) in [5, 5.41) is 6.23. The Bertz CT molecular complexity index is 543. The van der Waals surface area contributed by atoms with E-state index in [1.54, 1.807) is 46.4 Å². The summed E-state index contributed by atoms with van der Waals surface area (Å²) in [7, 11) is 0. The average Bonchev–Trinajstić information content (AvgIpc) is 2.47. The molecule has 31 heavy (non-hydrogen) atoms. The number of nitrogens with zero attached hydrogens (tertiary/aromatic N) is 1. The molecule has 9 heteroatoms. The number of carbonyl (C=O) groups is 3. The van der Waals surface area contributed by atoms with Crippen molar-refractivity contribution in [3.8, 4) is 0 Å². The number of hydrogen-bond acceptors (Lipinski definition) is 9. The standard InChI is InChI=1S/C22H43N3O6/c1-20(2,3)29-17(26)14-24-11-10-23-12-13-25(15-18(27)30-21(4,5)6)16-19(28)31-22(7,8)9/h23-24H,10-16H2,1-9H3. The van der Waals surface area contributed by atoms with Crippen LogP contribution >= 0.6 is 0 Å². The predicted octanol–water partition coefficient (Wildman–Crippen LogP) is 1.49. The molecule has 0 fully saturated rings. The van der Waals surface area contributed by atoms with E-state index in [4.69, 9.17) is 14.2 Å². The highest BCUT2D eigenvalue weighted by Gasteiger charge is 2.23. The fraction of sp³-hybridized carbons (Fsp3) is 0.864. The lowest BCUT2D eigenvalue weighted by Crippen LogP contribution is -2.43. The third-order valence-corrected chi connectivity index (χ3v) is 3.32. The molecule has 0 saturated heterocycles. The van der Waals surface area contributed by atoms with E-state index in [1.165, 1.54) is 0 Å². The lowest BCUT2D eigenvalue weighted by molar-refractivity contribution is -0.160. The largest absolute Gasteiger partial charge is 0.459 e. The van der Waals surface area contributed by atoms with Crippen molar-refractivity contribution in [2.45, 2.75) is 79.1 Å². The van der Waals surface area contributed by atoms with Gasteiger partial charge in [0.2, 0.25) is 0 Å². The molecule has 0 aliphatic rings. The smallest absolute Gasteiger partial charge is 0.320 e. The van der Waals surface area contributed by atoms with Crippen molar-refractivity contribution in [3.63, 3.8) is 0 Å². The van der Waals surface area contributed by atoms with E-state index in [9.17, 15) is 14.4 Å². The van der Waals surface area contributed by atoms with E-state index in [0.29, 0.717) is 26.2 Å². The molecule has 0 spiro atoms. The van der Waals surface area contributed by atoms with E-state index in [1.807, 2.05) is 20.8 Å². The first kappa shape index (κ1) is 29.3. The van der Waals surface area contributed by atoms with Gasteiger partial charge in [-0.3, -0.25) is 19.3 Å². The second-order valence-corrected chi connectivity index (χ2v) is 10.4. The van der Waals surface area contributed by atoms with Crippen molar-refractivity contribution in [1.82, 2.24) is 15.5 Å². The number of esters is 3. The first-order valence-corrected chi connectivity index (χ1v) is 10.8. The molecule has 0 atom stereocenters. The topological polar surface area (TPSA) is 106 Å². The second-order valence-electron chi connectivity index (χ2n) is 10.4. The summed E-state index contributed by atoms with van der Waals surface area (Å²) in [5.41, 5.74) is -1.68. The van der Waals surface area contributed by atoms with E-state index in [2.05, 4.69) is 10.6 Å². The summed E-state index contributed by atoms with van der Waals surface area (Å²) in [4.78, 5) is 37.7. The zero-order valence-electron chi connectivity index (χ0n) is 20.8. The summed E-state index contributed by atoms with van der Waals surface area (Å²) in [6, 6.07) is 0. The molecule has 0 radical (unpaired) electrons. The van der Waals surface area contributed by atoms with Crippen LogP contribution in [0.4, 0.5) is 0 Å². The Morgan fingerprint density at radius 2 is 1.00 bits per heavy atom. The van der Waals surface area contributed by atoms with Crippen LogP contribution in [-0.4, -0.2) is 85.4 Å². The zero-order chi connectivity index (χ0) is 24.3. The molecule has 182 valence electrons. The number of hydrogen-bond donors (Lipinski definition) is 2. The number of nitrogens with one attached hydrogen (secondary N) is 2. The molecule has 0 aromatic rings. The lowest BCUT2D eigenvalue weighted by atomic mass is 10.2. The third-order valence-electron chi connectivity index (χ3n) is 3.32. The molecule has 0 bridgehead atoms. The van der Waals surface area contributed by atoms with Gasteiger partial charge in [0.15, 0.2) is 0 Å². The van der Waals surface area contributed by atoms with Crippen molar-refractivity contribution in [2.75, 3.05) is 45.8 Å². The molecule has 0 aliphatic carbocycles. The van der Waals surface area contributed by atoms with Crippen LogP contribution in [0.15, 0.2) is 0 Å². The van der Waals surface area contributed by atoms with Crippen molar-refractivity contribution >= 4 is 17.9 Å². The lowest BCUT2D eigenvalue weighted by Gasteiger charge is -2.26. The van der Waals surface area contributed by atoms with E-state index in [0.717, 1.165) is 0 Å². The number of ether oxygens (including phenoxy) is 3. The Kier molecular flexibility index (Phi) is 12.3. The second kappa shape index (κ2) is 13.0. The molecular weight excluding hydrogens is 402 g/mol. The maximum atomic E-state index is 12.2. The van der Waals surface area contributed by atoms with Gasteiger partial charge in [0, 0.05) is 26.2 Å². The maximum Gasteiger partial charge on any atom is 0.320 e. The highest BCUT2D eigenvalue weighted by Crippen LogP contribution is 2.09. The van der Waals surface area contributed by atoms with Crippen molar-refractivity contribution in [1.29, 1.82) is 0 Å². The summed E-state index contributed by atoms with van der Waals surface area (Å²) in [6.07, 6.45) is 0. The molecule has 0 aliphatic heterocycles. The van der Waals surface area contributed by atoms with Gasteiger partial charge in [-0.05, 0) is 62.3 Å². The van der Waals surface area contributed by atoms with Crippen LogP contribution in [0.2, 0.25) is 0 Å². The summed E-state index contributed by atoms with van der Waals surface area (Å²) < 4.78 is 15.9. The van der Waals surface area contributed by atoms with Crippen LogP contribution in [0.25, 0.3) is 0 Å². The third kappa shape index (κ3) is 20.0. The van der Waals surface area contributed by atoms with Gasteiger partial charge >= 0.3 is 17.9 Å². The molecule has 0 saturated carbocycles. The van der Waals surface area contributed by atoms with Crippen LogP contribution < -0.4 is 10.6 Å². The minimum atomic E-state index is -0.591. The van der Waals surface area contributed by atoms with Crippen molar-refractivity contribution in [3.05, 3.63) is 0 Å². The van der Waals surface area contributed by atoms with Gasteiger partial charge in [0.25, 0.3) is 0 Å². The van der Waals surface area contributed by atoms with Crippen molar-refractivity contribution in [2.24, 2.45) is 0 Å². The predicted molar refractivity (Wildman–Crippen MR) is 120 cm³/mol. The Hall–Kier alpha value is -1.71. The zero-order valence-corrected chi connectivity index (χ0v) is 20.8. The first-order chi connectivity index (χ1) is 14.0.